The maximum absolute atomic E-state index is 4.14. The predicted molar refractivity (Wildman–Crippen MR) is 66.5 cm³/mol. The van der Waals surface area contributed by atoms with E-state index < -0.39 is 0 Å². The maximum Gasteiger partial charge on any atom is 0.209 e. The van der Waals surface area contributed by atoms with Gasteiger partial charge in [0.2, 0.25) is 5.13 Å². The fraction of sp³-hybridized carbons (Fsp3) is 0.778. The minimum Gasteiger partial charge on any atom is -0.345 e. The van der Waals surface area contributed by atoms with Gasteiger partial charge >= 0.3 is 0 Å². The highest BCUT2D eigenvalue weighted by atomic mass is 79.9. The molecule has 0 radical (unpaired) electrons. The average molecular weight is 291 g/mol. The molecule has 1 aliphatic rings. The van der Waals surface area contributed by atoms with Crippen LogP contribution in [0.4, 0.5) is 5.13 Å². The summed E-state index contributed by atoms with van der Waals surface area (Å²) in [4.78, 5) is 4.62. The van der Waals surface area contributed by atoms with Crippen molar-refractivity contribution in [1.82, 2.24) is 15.1 Å². The normalized spacial score (nSPS) is 23.0. The first-order valence-electron chi connectivity index (χ1n) is 5.07. The lowest BCUT2D eigenvalue weighted by atomic mass is 10.1. The van der Waals surface area contributed by atoms with Gasteiger partial charge in [-0.25, -0.2) is 0 Å². The number of hydrogen-bond donors (Lipinski definition) is 0. The molecule has 15 heavy (non-hydrogen) atoms. The van der Waals surface area contributed by atoms with Gasteiger partial charge in [0.15, 0.2) is 3.92 Å². The van der Waals surface area contributed by atoms with Crippen LogP contribution in [0.2, 0.25) is 0 Å². The standard InChI is InChI=1S/C9H15BrN4S/c1-13-5-3-4-7(6-13)14(2)9-12-11-8(10)15-9/h7H,3-6H2,1-2H3. The van der Waals surface area contributed by atoms with Gasteiger partial charge in [0.05, 0.1) is 0 Å². The summed E-state index contributed by atoms with van der Waals surface area (Å²) in [6.45, 7) is 2.33. The van der Waals surface area contributed by atoms with Crippen LogP contribution in [0.15, 0.2) is 3.92 Å². The van der Waals surface area contributed by atoms with Crippen molar-refractivity contribution in [2.24, 2.45) is 0 Å². The monoisotopic (exact) mass is 290 g/mol. The van der Waals surface area contributed by atoms with Gasteiger partial charge in [0, 0.05) is 19.6 Å². The van der Waals surface area contributed by atoms with Crippen LogP contribution >= 0.6 is 27.3 Å². The lowest BCUT2D eigenvalue weighted by molar-refractivity contribution is 0.248. The summed E-state index contributed by atoms with van der Waals surface area (Å²) in [5, 5.41) is 9.13. The topological polar surface area (TPSA) is 32.3 Å². The number of hydrogen-bond acceptors (Lipinski definition) is 5. The van der Waals surface area contributed by atoms with E-state index in [4.69, 9.17) is 0 Å². The first-order chi connectivity index (χ1) is 7.16. The highest BCUT2D eigenvalue weighted by molar-refractivity contribution is 9.11. The molecule has 0 spiro atoms. The molecule has 1 atom stereocenters. The van der Waals surface area contributed by atoms with E-state index >= 15 is 0 Å². The first kappa shape index (κ1) is 11.3. The molecule has 0 aliphatic carbocycles. The van der Waals surface area contributed by atoms with Gasteiger partial charge < -0.3 is 9.80 Å². The maximum atomic E-state index is 4.14. The molecule has 0 amide bonds. The van der Waals surface area contributed by atoms with Crippen LogP contribution in [0.5, 0.6) is 0 Å². The number of rotatable bonds is 2. The Morgan fingerprint density at radius 1 is 1.53 bits per heavy atom. The molecule has 1 aromatic heterocycles. The second-order valence-corrected chi connectivity index (χ2v) is 6.24. The molecule has 0 aromatic carbocycles. The Hall–Kier alpha value is -0.200. The Balaban J connectivity index is 2.03. The van der Waals surface area contributed by atoms with E-state index in [1.165, 1.54) is 19.4 Å². The number of likely N-dealkylation sites (N-methyl/N-ethyl adjacent to an activating group) is 2. The molecule has 1 saturated heterocycles. The van der Waals surface area contributed by atoms with Gasteiger partial charge in [-0.2, -0.15) is 0 Å². The summed E-state index contributed by atoms with van der Waals surface area (Å²) >= 11 is 4.94. The van der Waals surface area contributed by atoms with Crippen LogP contribution in [0.1, 0.15) is 12.8 Å². The Morgan fingerprint density at radius 3 is 2.93 bits per heavy atom. The van der Waals surface area contributed by atoms with E-state index in [-0.39, 0.29) is 0 Å². The second kappa shape index (κ2) is 4.76. The smallest absolute Gasteiger partial charge is 0.209 e. The summed E-state index contributed by atoms with van der Waals surface area (Å²) in [7, 11) is 4.28. The van der Waals surface area contributed by atoms with E-state index in [1.54, 1.807) is 11.3 Å². The fourth-order valence-electron chi connectivity index (χ4n) is 1.95. The number of nitrogens with zero attached hydrogens (tertiary/aromatic N) is 4. The minimum atomic E-state index is 0.573. The van der Waals surface area contributed by atoms with Crippen molar-refractivity contribution < 1.29 is 0 Å². The third-order valence-electron chi connectivity index (χ3n) is 2.84. The number of piperidine rings is 1. The van der Waals surface area contributed by atoms with Crippen molar-refractivity contribution in [3.05, 3.63) is 3.92 Å². The molecule has 2 heterocycles. The number of aromatic nitrogens is 2. The summed E-state index contributed by atoms with van der Waals surface area (Å²) in [5.41, 5.74) is 0. The van der Waals surface area contributed by atoms with Gasteiger partial charge in [0.1, 0.15) is 0 Å². The van der Waals surface area contributed by atoms with Gasteiger partial charge in [-0.1, -0.05) is 11.3 Å². The van der Waals surface area contributed by atoms with Crippen molar-refractivity contribution in [3.63, 3.8) is 0 Å². The van der Waals surface area contributed by atoms with Crippen molar-refractivity contribution in [2.75, 3.05) is 32.1 Å². The van der Waals surface area contributed by atoms with Crippen LogP contribution in [0, 0.1) is 0 Å². The SMILES string of the molecule is CN1CCCC(N(C)c2nnc(Br)s2)C1. The zero-order valence-electron chi connectivity index (χ0n) is 8.98. The molecule has 4 nitrogen and oxygen atoms in total. The molecule has 2 rings (SSSR count). The van der Waals surface area contributed by atoms with Gasteiger partial charge in [-0.3, -0.25) is 0 Å². The molecule has 1 fully saturated rings. The lowest BCUT2D eigenvalue weighted by Gasteiger charge is -2.35. The largest absolute Gasteiger partial charge is 0.345 e. The Morgan fingerprint density at radius 2 is 2.33 bits per heavy atom. The number of likely N-dealkylation sites (tertiary alicyclic amines) is 1. The van der Waals surface area contributed by atoms with Gasteiger partial charge in [0.25, 0.3) is 0 Å². The number of anilines is 1. The zero-order valence-corrected chi connectivity index (χ0v) is 11.4. The van der Waals surface area contributed by atoms with E-state index in [9.17, 15) is 0 Å². The van der Waals surface area contributed by atoms with Gasteiger partial charge in [-0.15, -0.1) is 10.2 Å². The second-order valence-electron chi connectivity index (χ2n) is 4.01. The Bertz CT molecular complexity index is 330. The molecule has 6 heteroatoms. The first-order valence-corrected chi connectivity index (χ1v) is 6.68. The van der Waals surface area contributed by atoms with Crippen molar-refractivity contribution >= 4 is 32.4 Å². The minimum absolute atomic E-state index is 0.573. The van der Waals surface area contributed by atoms with Crippen molar-refractivity contribution in [2.45, 2.75) is 18.9 Å². The highest BCUT2D eigenvalue weighted by Crippen LogP contribution is 2.26. The van der Waals surface area contributed by atoms with Crippen LogP contribution in [0.3, 0.4) is 0 Å². The van der Waals surface area contributed by atoms with Crippen LogP contribution in [-0.4, -0.2) is 48.3 Å². The van der Waals surface area contributed by atoms with Crippen molar-refractivity contribution in [3.8, 4) is 0 Å². The van der Waals surface area contributed by atoms with E-state index in [0.29, 0.717) is 6.04 Å². The lowest BCUT2D eigenvalue weighted by Crippen LogP contribution is -2.45. The third kappa shape index (κ3) is 2.68. The molecule has 1 aromatic rings. The zero-order chi connectivity index (χ0) is 10.8. The number of halogens is 1. The highest BCUT2D eigenvalue weighted by Gasteiger charge is 2.23. The summed E-state index contributed by atoms with van der Waals surface area (Å²) < 4.78 is 0.855. The Labute approximate surface area is 102 Å². The summed E-state index contributed by atoms with van der Waals surface area (Å²) in [5.74, 6) is 0. The van der Waals surface area contributed by atoms with Gasteiger partial charge in [-0.05, 0) is 42.4 Å². The Kier molecular flexibility index (Phi) is 3.58. The average Bonchev–Trinajstić information content (AvgIpc) is 2.64. The molecule has 0 N–H and O–H groups in total. The third-order valence-corrected chi connectivity index (χ3v) is 4.29. The summed E-state index contributed by atoms with van der Waals surface area (Å²) in [6.07, 6.45) is 2.52. The van der Waals surface area contributed by atoms with E-state index in [0.717, 1.165) is 15.6 Å². The van der Waals surface area contributed by atoms with Crippen LogP contribution in [0.25, 0.3) is 0 Å². The molecular weight excluding hydrogens is 276 g/mol. The van der Waals surface area contributed by atoms with E-state index in [1.807, 2.05) is 0 Å². The molecule has 84 valence electrons. The molecule has 1 unspecified atom stereocenters. The van der Waals surface area contributed by atoms with Crippen LogP contribution in [-0.2, 0) is 0 Å². The van der Waals surface area contributed by atoms with Crippen LogP contribution < -0.4 is 4.90 Å². The van der Waals surface area contributed by atoms with Crippen molar-refractivity contribution in [1.29, 1.82) is 0 Å². The quantitative estimate of drug-likeness (QED) is 0.832. The summed E-state index contributed by atoms with van der Waals surface area (Å²) in [6, 6.07) is 0.573. The molecule has 1 aliphatic heterocycles. The van der Waals surface area contributed by atoms with E-state index in [2.05, 4.69) is 50.0 Å². The predicted octanol–water partition coefficient (Wildman–Crippen LogP) is 1.83. The molecular formula is C9H15BrN4S. The molecule has 0 bridgehead atoms. The molecule has 0 saturated carbocycles. The fourth-order valence-corrected chi connectivity index (χ4v) is 3.07.